The van der Waals surface area contributed by atoms with E-state index in [9.17, 15) is 8.42 Å². The minimum absolute atomic E-state index is 0.0226. The van der Waals surface area contributed by atoms with E-state index in [0.29, 0.717) is 15.7 Å². The van der Waals surface area contributed by atoms with E-state index in [0.717, 1.165) is 17.7 Å². The zero-order valence-corrected chi connectivity index (χ0v) is 13.0. The average molecular weight is 303 g/mol. The highest BCUT2D eigenvalue weighted by Gasteiger charge is 2.28. The molecule has 0 aliphatic heterocycles. The number of rotatable bonds is 7. The molecule has 1 saturated carbocycles. The van der Waals surface area contributed by atoms with Crippen LogP contribution in [0.25, 0.3) is 0 Å². The molecule has 1 aromatic heterocycles. The normalized spacial score (nSPS) is 17.6. The second kappa shape index (κ2) is 5.91. The fourth-order valence-corrected chi connectivity index (χ4v) is 5.03. The van der Waals surface area contributed by atoms with E-state index in [2.05, 4.69) is 4.72 Å². The molecule has 1 atom stereocenters. The Balaban J connectivity index is 2.13. The number of nitrogens with one attached hydrogen (secondary N) is 1. The smallest absolute Gasteiger partial charge is 0.241 e. The van der Waals surface area contributed by atoms with Crippen molar-refractivity contribution in [1.82, 2.24) is 4.72 Å². The summed E-state index contributed by atoms with van der Waals surface area (Å²) in [6.45, 7) is 3.68. The summed E-state index contributed by atoms with van der Waals surface area (Å²) in [5.41, 5.74) is 0. The van der Waals surface area contributed by atoms with E-state index >= 15 is 0 Å². The molecule has 1 aliphatic carbocycles. The van der Waals surface area contributed by atoms with Gasteiger partial charge >= 0.3 is 0 Å². The van der Waals surface area contributed by atoms with Crippen molar-refractivity contribution in [2.75, 3.05) is 0 Å². The summed E-state index contributed by atoms with van der Waals surface area (Å²) < 4.78 is 27.5. The minimum atomic E-state index is -3.46. The Bertz CT molecular complexity index is 532. The topological polar surface area (TPSA) is 66.4 Å². The Labute approximate surface area is 118 Å². The van der Waals surface area contributed by atoms with Gasteiger partial charge in [0.2, 0.25) is 10.0 Å². The van der Waals surface area contributed by atoms with E-state index in [1.807, 2.05) is 6.92 Å². The fourth-order valence-electron chi connectivity index (χ4n) is 2.21. The van der Waals surface area contributed by atoms with Crippen molar-refractivity contribution < 1.29 is 13.5 Å². The third kappa shape index (κ3) is 3.78. The van der Waals surface area contributed by atoms with Gasteiger partial charge in [-0.15, -0.1) is 11.3 Å². The molecule has 1 fully saturated rings. The number of hydrogen-bond acceptors (Lipinski definition) is 4. The van der Waals surface area contributed by atoms with Crippen LogP contribution < -0.4 is 4.72 Å². The van der Waals surface area contributed by atoms with Crippen molar-refractivity contribution in [2.24, 2.45) is 5.92 Å². The number of aliphatic hydroxyl groups excluding tert-OH is 1. The van der Waals surface area contributed by atoms with Gasteiger partial charge in [-0.05, 0) is 31.7 Å². The van der Waals surface area contributed by atoms with Crippen LogP contribution in [0.1, 0.15) is 42.4 Å². The summed E-state index contributed by atoms with van der Waals surface area (Å²) in [5.74, 6) is 0.698. The van der Waals surface area contributed by atoms with Gasteiger partial charge in [0, 0.05) is 15.8 Å². The second-order valence-electron chi connectivity index (χ2n) is 5.20. The van der Waals surface area contributed by atoms with E-state index in [4.69, 9.17) is 5.11 Å². The van der Waals surface area contributed by atoms with Gasteiger partial charge in [0.15, 0.2) is 0 Å². The molecule has 0 aromatic carbocycles. The lowest BCUT2D eigenvalue weighted by molar-refractivity contribution is 0.285. The molecule has 0 saturated heterocycles. The first kappa shape index (κ1) is 15.0. The number of aryl methyl sites for hydroxylation is 1. The molecule has 1 aromatic rings. The van der Waals surface area contributed by atoms with Gasteiger partial charge < -0.3 is 5.11 Å². The van der Waals surface area contributed by atoms with Gasteiger partial charge in [-0.25, -0.2) is 13.1 Å². The van der Waals surface area contributed by atoms with Crippen LogP contribution in [0, 0.1) is 12.8 Å². The Morgan fingerprint density at radius 3 is 2.68 bits per heavy atom. The van der Waals surface area contributed by atoms with E-state index in [1.165, 1.54) is 24.2 Å². The molecule has 1 unspecified atom stereocenters. The SMILES string of the molecule is CCC(CC1CC1)NS(=O)(=O)c1cc(CO)sc1C. The minimum Gasteiger partial charge on any atom is -0.391 e. The lowest BCUT2D eigenvalue weighted by Gasteiger charge is -2.16. The molecule has 2 rings (SSSR count). The summed E-state index contributed by atoms with van der Waals surface area (Å²) in [7, 11) is -3.46. The number of hydrogen-bond donors (Lipinski definition) is 2. The van der Waals surface area contributed by atoms with Crippen molar-refractivity contribution in [1.29, 1.82) is 0 Å². The maximum atomic E-state index is 12.4. The lowest BCUT2D eigenvalue weighted by Crippen LogP contribution is -2.34. The summed E-state index contributed by atoms with van der Waals surface area (Å²) in [6.07, 6.45) is 4.20. The molecule has 0 bridgehead atoms. The number of thiophene rings is 1. The third-order valence-electron chi connectivity index (χ3n) is 3.50. The maximum Gasteiger partial charge on any atom is 0.241 e. The molecular formula is C13H21NO3S2. The molecule has 0 amide bonds. The van der Waals surface area contributed by atoms with E-state index in [-0.39, 0.29) is 12.6 Å². The Hall–Kier alpha value is -0.430. The van der Waals surface area contributed by atoms with Crippen LogP contribution >= 0.6 is 11.3 Å². The molecular weight excluding hydrogens is 282 g/mol. The maximum absolute atomic E-state index is 12.4. The van der Waals surface area contributed by atoms with Gasteiger partial charge in [-0.2, -0.15) is 0 Å². The van der Waals surface area contributed by atoms with Gasteiger partial charge in [0.05, 0.1) is 11.5 Å². The molecule has 0 radical (unpaired) electrons. The van der Waals surface area contributed by atoms with Gasteiger partial charge in [-0.3, -0.25) is 0 Å². The highest BCUT2D eigenvalue weighted by atomic mass is 32.2. The Morgan fingerprint density at radius 2 is 2.21 bits per heavy atom. The monoisotopic (exact) mass is 303 g/mol. The largest absolute Gasteiger partial charge is 0.391 e. The first-order valence-corrected chi connectivity index (χ1v) is 8.98. The van der Waals surface area contributed by atoms with Gasteiger partial charge in [0.25, 0.3) is 0 Å². The van der Waals surface area contributed by atoms with Crippen molar-refractivity contribution in [3.8, 4) is 0 Å². The molecule has 108 valence electrons. The number of sulfonamides is 1. The molecule has 1 heterocycles. The van der Waals surface area contributed by atoms with Crippen LogP contribution in [-0.4, -0.2) is 19.6 Å². The summed E-state index contributed by atoms with van der Waals surface area (Å²) in [4.78, 5) is 1.74. The summed E-state index contributed by atoms with van der Waals surface area (Å²) in [5, 5.41) is 9.09. The van der Waals surface area contributed by atoms with Crippen LogP contribution in [0.5, 0.6) is 0 Å². The van der Waals surface area contributed by atoms with Crippen LogP contribution in [0.15, 0.2) is 11.0 Å². The van der Waals surface area contributed by atoms with Crippen molar-refractivity contribution in [3.63, 3.8) is 0 Å². The first-order chi connectivity index (χ1) is 8.96. The first-order valence-electron chi connectivity index (χ1n) is 6.68. The fraction of sp³-hybridized carbons (Fsp3) is 0.692. The van der Waals surface area contributed by atoms with Gasteiger partial charge in [-0.1, -0.05) is 19.8 Å². The summed E-state index contributed by atoms with van der Waals surface area (Å²) >= 11 is 1.33. The molecule has 2 N–H and O–H groups in total. The number of aliphatic hydroxyl groups is 1. The average Bonchev–Trinajstić information content (AvgIpc) is 3.08. The third-order valence-corrected chi connectivity index (χ3v) is 6.31. The summed E-state index contributed by atoms with van der Waals surface area (Å²) in [6, 6.07) is 1.60. The Morgan fingerprint density at radius 1 is 1.53 bits per heavy atom. The second-order valence-corrected chi connectivity index (χ2v) is 8.22. The standard InChI is InChI=1S/C13H21NO3S2/c1-3-11(6-10-4-5-10)14-19(16,17)13-7-12(8-15)18-9(13)2/h7,10-11,14-15H,3-6,8H2,1-2H3. The molecule has 19 heavy (non-hydrogen) atoms. The predicted molar refractivity (Wildman–Crippen MR) is 76.7 cm³/mol. The molecule has 0 spiro atoms. The van der Waals surface area contributed by atoms with Crippen LogP contribution in [0.2, 0.25) is 0 Å². The van der Waals surface area contributed by atoms with Crippen molar-refractivity contribution in [2.45, 2.75) is 57.1 Å². The van der Waals surface area contributed by atoms with Gasteiger partial charge in [0.1, 0.15) is 0 Å². The van der Waals surface area contributed by atoms with Crippen LogP contribution in [-0.2, 0) is 16.6 Å². The molecule has 4 nitrogen and oxygen atoms in total. The molecule has 1 aliphatic rings. The van der Waals surface area contributed by atoms with Crippen molar-refractivity contribution in [3.05, 3.63) is 15.8 Å². The quantitative estimate of drug-likeness (QED) is 0.813. The van der Waals surface area contributed by atoms with E-state index < -0.39 is 10.0 Å². The Kier molecular flexibility index (Phi) is 4.66. The van der Waals surface area contributed by atoms with Crippen molar-refractivity contribution >= 4 is 21.4 Å². The highest BCUT2D eigenvalue weighted by molar-refractivity contribution is 7.89. The highest BCUT2D eigenvalue weighted by Crippen LogP contribution is 2.34. The molecule has 6 heteroatoms. The van der Waals surface area contributed by atoms with Crippen LogP contribution in [0.3, 0.4) is 0 Å². The zero-order chi connectivity index (χ0) is 14.0. The van der Waals surface area contributed by atoms with E-state index in [1.54, 1.807) is 13.0 Å². The zero-order valence-electron chi connectivity index (χ0n) is 11.3. The lowest BCUT2D eigenvalue weighted by atomic mass is 10.1. The predicted octanol–water partition coefficient (Wildman–Crippen LogP) is 2.41. The van der Waals surface area contributed by atoms with Crippen LogP contribution in [0.4, 0.5) is 0 Å².